The molecule has 1 aliphatic rings. The van der Waals surface area contributed by atoms with E-state index in [-0.39, 0.29) is 19.6 Å². The molecule has 19 heavy (non-hydrogen) atoms. The van der Waals surface area contributed by atoms with Gasteiger partial charge in [0, 0.05) is 5.97 Å². The minimum absolute atomic E-state index is 0.215. The van der Waals surface area contributed by atoms with Gasteiger partial charge in [-0.15, -0.1) is 0 Å². The topological polar surface area (TPSA) is 111 Å². The number of hydrogen-bond acceptors (Lipinski definition) is 6. The van der Waals surface area contributed by atoms with Crippen LogP contribution in [-0.4, -0.2) is 36.4 Å². The molecule has 0 spiro atoms. The number of nitrogens with zero attached hydrogens (tertiary/aromatic N) is 1. The number of rotatable bonds is 5. The lowest BCUT2D eigenvalue weighted by molar-refractivity contribution is -0.325. The van der Waals surface area contributed by atoms with Gasteiger partial charge in [-0.05, 0) is 13.8 Å². The van der Waals surface area contributed by atoms with Gasteiger partial charge in [0.15, 0.2) is 5.79 Å². The molecule has 0 aromatic rings. The fourth-order valence-electron chi connectivity index (χ4n) is 1.80. The number of carboxylic acids is 1. The molecule has 1 fully saturated rings. The zero-order chi connectivity index (χ0) is 14.7. The Labute approximate surface area is 111 Å². The number of ether oxygens (including phenoxy) is 2. The molecule has 1 rings (SSSR count). The Morgan fingerprint density at radius 1 is 1.47 bits per heavy atom. The van der Waals surface area contributed by atoms with E-state index in [1.54, 1.807) is 0 Å². The number of carboxylic acid groups (broad SMARTS) is 1. The fraction of sp³-hybridized carbons (Fsp3) is 0.750. The quantitative estimate of drug-likeness (QED) is 0.679. The molecule has 1 unspecified atom stereocenters. The summed E-state index contributed by atoms with van der Waals surface area (Å²) in [5, 5.41) is 22.3. The SMILES string of the molecule is CC(C(=O)[O-])C1(CC(=O)NC(C)(C)C#N)OCCO1. The normalized spacial score (nSPS) is 19.5. The van der Waals surface area contributed by atoms with E-state index < -0.39 is 29.1 Å². The Balaban J connectivity index is 2.78. The smallest absolute Gasteiger partial charge is 0.226 e. The number of carbonyl (C=O) groups is 2. The molecule has 7 heteroatoms. The van der Waals surface area contributed by atoms with Gasteiger partial charge < -0.3 is 24.7 Å². The van der Waals surface area contributed by atoms with Gasteiger partial charge in [0.25, 0.3) is 0 Å². The van der Waals surface area contributed by atoms with Gasteiger partial charge in [-0.25, -0.2) is 0 Å². The van der Waals surface area contributed by atoms with Crippen LogP contribution in [0.5, 0.6) is 0 Å². The average molecular weight is 269 g/mol. The lowest BCUT2D eigenvalue weighted by Gasteiger charge is -2.34. The van der Waals surface area contributed by atoms with Gasteiger partial charge in [-0.1, -0.05) is 6.92 Å². The highest BCUT2D eigenvalue weighted by molar-refractivity contribution is 5.79. The van der Waals surface area contributed by atoms with Crippen molar-refractivity contribution in [1.82, 2.24) is 5.32 Å². The molecule has 0 aromatic carbocycles. The van der Waals surface area contributed by atoms with Gasteiger partial charge >= 0.3 is 0 Å². The number of hydrogen-bond donors (Lipinski definition) is 1. The van der Waals surface area contributed by atoms with Gasteiger partial charge in [0.1, 0.15) is 5.54 Å². The maximum absolute atomic E-state index is 11.9. The van der Waals surface area contributed by atoms with Crippen molar-refractivity contribution in [2.24, 2.45) is 5.92 Å². The standard InChI is InChI=1S/C12H18N2O5/c1-8(10(16)17)12(18-4-5-19-12)6-9(15)14-11(2,3)7-13/h8H,4-6H2,1-3H3,(H,14,15)(H,16,17)/p-1. The van der Waals surface area contributed by atoms with E-state index in [9.17, 15) is 14.7 Å². The zero-order valence-corrected chi connectivity index (χ0v) is 11.2. The minimum atomic E-state index is -1.52. The van der Waals surface area contributed by atoms with E-state index in [2.05, 4.69) is 5.32 Å². The Hall–Kier alpha value is -1.65. The summed E-state index contributed by atoms with van der Waals surface area (Å²) in [4.78, 5) is 22.8. The molecular weight excluding hydrogens is 252 g/mol. The van der Waals surface area contributed by atoms with Crippen molar-refractivity contribution < 1.29 is 24.2 Å². The summed E-state index contributed by atoms with van der Waals surface area (Å²) in [5.74, 6) is -4.48. The Bertz CT molecular complexity index is 407. The molecule has 106 valence electrons. The number of nitrogens with one attached hydrogen (secondary N) is 1. The molecule has 1 atom stereocenters. The highest BCUT2D eigenvalue weighted by Crippen LogP contribution is 2.31. The van der Waals surface area contributed by atoms with Gasteiger partial charge in [-0.2, -0.15) is 5.26 Å². The van der Waals surface area contributed by atoms with Crippen LogP contribution in [0.1, 0.15) is 27.2 Å². The summed E-state index contributed by atoms with van der Waals surface area (Å²) in [5.41, 5.74) is -1.04. The second-order valence-electron chi connectivity index (χ2n) is 5.01. The van der Waals surface area contributed by atoms with Crippen molar-refractivity contribution in [2.75, 3.05) is 13.2 Å². The van der Waals surface area contributed by atoms with Crippen LogP contribution < -0.4 is 10.4 Å². The van der Waals surface area contributed by atoms with E-state index in [1.807, 2.05) is 6.07 Å². The summed E-state index contributed by atoms with van der Waals surface area (Å²) in [6.45, 7) is 4.87. The molecule has 1 aliphatic heterocycles. The Kier molecular flexibility index (Phi) is 4.50. The van der Waals surface area contributed by atoms with Crippen molar-refractivity contribution in [3.63, 3.8) is 0 Å². The van der Waals surface area contributed by atoms with Gasteiger partial charge in [0.05, 0.1) is 31.6 Å². The number of aliphatic carboxylic acids is 1. The maximum Gasteiger partial charge on any atom is 0.226 e. The third kappa shape index (κ3) is 3.66. The summed E-state index contributed by atoms with van der Waals surface area (Å²) < 4.78 is 10.6. The van der Waals surface area contributed by atoms with E-state index in [1.165, 1.54) is 20.8 Å². The van der Waals surface area contributed by atoms with Crippen LogP contribution in [0.15, 0.2) is 0 Å². The van der Waals surface area contributed by atoms with E-state index in [0.29, 0.717) is 0 Å². The second-order valence-corrected chi connectivity index (χ2v) is 5.01. The van der Waals surface area contributed by atoms with Crippen molar-refractivity contribution in [1.29, 1.82) is 5.26 Å². The van der Waals surface area contributed by atoms with Crippen molar-refractivity contribution in [3.8, 4) is 6.07 Å². The number of nitriles is 1. The first-order valence-corrected chi connectivity index (χ1v) is 5.93. The third-order valence-electron chi connectivity index (χ3n) is 2.93. The van der Waals surface area contributed by atoms with E-state index in [0.717, 1.165) is 0 Å². The summed E-state index contributed by atoms with van der Waals surface area (Å²) in [6, 6.07) is 1.92. The van der Waals surface area contributed by atoms with Crippen LogP contribution in [0.25, 0.3) is 0 Å². The average Bonchev–Trinajstić information content (AvgIpc) is 2.76. The van der Waals surface area contributed by atoms with Crippen molar-refractivity contribution >= 4 is 11.9 Å². The van der Waals surface area contributed by atoms with Crippen LogP contribution >= 0.6 is 0 Å². The van der Waals surface area contributed by atoms with Gasteiger partial charge in [-0.3, -0.25) is 4.79 Å². The minimum Gasteiger partial charge on any atom is -0.550 e. The lowest BCUT2D eigenvalue weighted by atomic mass is 9.96. The fourth-order valence-corrected chi connectivity index (χ4v) is 1.80. The molecule has 0 saturated carbocycles. The predicted octanol–water partition coefficient (Wildman–Crippen LogP) is -1.08. The predicted molar refractivity (Wildman–Crippen MR) is 61.3 cm³/mol. The van der Waals surface area contributed by atoms with Crippen LogP contribution in [0.3, 0.4) is 0 Å². The van der Waals surface area contributed by atoms with Crippen LogP contribution in [0, 0.1) is 17.2 Å². The first-order valence-electron chi connectivity index (χ1n) is 5.93. The molecule has 0 bridgehead atoms. The number of amides is 1. The van der Waals surface area contributed by atoms with Crippen molar-refractivity contribution in [3.05, 3.63) is 0 Å². The monoisotopic (exact) mass is 269 g/mol. The summed E-state index contributed by atoms with van der Waals surface area (Å²) >= 11 is 0. The van der Waals surface area contributed by atoms with Gasteiger partial charge in [0.2, 0.25) is 5.91 Å². The molecule has 0 aromatic heterocycles. The molecule has 0 radical (unpaired) electrons. The molecular formula is C12H17N2O5-. The third-order valence-corrected chi connectivity index (χ3v) is 2.93. The van der Waals surface area contributed by atoms with Crippen LogP contribution in [0.4, 0.5) is 0 Å². The highest BCUT2D eigenvalue weighted by Gasteiger charge is 2.45. The van der Waals surface area contributed by atoms with E-state index in [4.69, 9.17) is 14.7 Å². The molecule has 0 aliphatic carbocycles. The maximum atomic E-state index is 11.9. The Morgan fingerprint density at radius 2 is 2.00 bits per heavy atom. The molecule has 1 heterocycles. The van der Waals surface area contributed by atoms with Crippen LogP contribution in [-0.2, 0) is 19.1 Å². The lowest BCUT2D eigenvalue weighted by Crippen LogP contribution is -2.52. The molecule has 1 amide bonds. The Morgan fingerprint density at radius 3 is 2.42 bits per heavy atom. The summed E-state index contributed by atoms with van der Waals surface area (Å²) in [6.07, 6.45) is -0.298. The zero-order valence-electron chi connectivity index (χ0n) is 11.2. The van der Waals surface area contributed by atoms with E-state index >= 15 is 0 Å². The first kappa shape index (κ1) is 15.4. The largest absolute Gasteiger partial charge is 0.550 e. The molecule has 1 N–H and O–H groups in total. The van der Waals surface area contributed by atoms with Crippen LogP contribution in [0.2, 0.25) is 0 Å². The number of carbonyl (C=O) groups excluding carboxylic acids is 2. The molecule has 1 saturated heterocycles. The summed E-state index contributed by atoms with van der Waals surface area (Å²) in [7, 11) is 0. The second kappa shape index (κ2) is 5.55. The first-order chi connectivity index (χ1) is 8.72. The molecule has 7 nitrogen and oxygen atoms in total. The highest BCUT2D eigenvalue weighted by atomic mass is 16.7. The van der Waals surface area contributed by atoms with Crippen molar-refractivity contribution in [2.45, 2.75) is 38.5 Å².